The van der Waals surface area contributed by atoms with Gasteiger partial charge in [-0.1, -0.05) is 0 Å². The molecule has 0 spiro atoms. The van der Waals surface area contributed by atoms with E-state index in [1.807, 2.05) is 6.07 Å². The zero-order chi connectivity index (χ0) is 9.90. The number of nitriles is 1. The van der Waals surface area contributed by atoms with Crippen molar-refractivity contribution in [2.24, 2.45) is 0 Å². The minimum Gasteiger partial charge on any atom is -0.263 e. The first-order valence-corrected chi connectivity index (χ1v) is 5.75. The first kappa shape index (κ1) is 9.96. The van der Waals surface area contributed by atoms with Crippen LogP contribution in [0.4, 0.5) is 0 Å². The van der Waals surface area contributed by atoms with E-state index in [0.29, 0.717) is 11.1 Å². The largest absolute Gasteiger partial charge is 0.263 e. The Morgan fingerprint density at radius 3 is 2.77 bits per heavy atom. The average molecular weight is 217 g/mol. The number of hydrogen-bond acceptors (Lipinski definition) is 4. The molecular formula is C7H5ClN2O2S. The molecule has 0 N–H and O–H groups in total. The van der Waals surface area contributed by atoms with E-state index in [1.165, 1.54) is 18.5 Å². The van der Waals surface area contributed by atoms with E-state index in [0.717, 1.165) is 0 Å². The van der Waals surface area contributed by atoms with Gasteiger partial charge in [0.15, 0.2) is 0 Å². The van der Waals surface area contributed by atoms with Gasteiger partial charge in [-0.3, -0.25) is 4.98 Å². The summed E-state index contributed by atoms with van der Waals surface area (Å²) in [7, 11) is 1.45. The van der Waals surface area contributed by atoms with Crippen molar-refractivity contribution in [2.75, 3.05) is 0 Å². The van der Waals surface area contributed by atoms with Crippen molar-refractivity contribution in [3.63, 3.8) is 0 Å². The van der Waals surface area contributed by atoms with Crippen LogP contribution in [0.5, 0.6) is 0 Å². The fourth-order valence-corrected chi connectivity index (χ4v) is 1.76. The summed E-state index contributed by atoms with van der Waals surface area (Å²) in [5, 5.41) is 8.49. The maximum atomic E-state index is 10.7. The molecule has 4 nitrogen and oxygen atoms in total. The zero-order valence-corrected chi connectivity index (χ0v) is 8.01. The van der Waals surface area contributed by atoms with Gasteiger partial charge < -0.3 is 0 Å². The lowest BCUT2D eigenvalue weighted by molar-refractivity contribution is 0.609. The molecule has 6 heteroatoms. The normalized spacial score (nSPS) is 10.8. The minimum atomic E-state index is -3.58. The van der Waals surface area contributed by atoms with Crippen molar-refractivity contribution in [3.05, 3.63) is 29.6 Å². The Morgan fingerprint density at radius 1 is 1.54 bits per heavy atom. The first-order chi connectivity index (χ1) is 6.01. The molecule has 1 heterocycles. The SMILES string of the molecule is N#Cc1cncc(CS(=O)(=O)Cl)c1. The van der Waals surface area contributed by atoms with E-state index >= 15 is 0 Å². The molecule has 0 saturated carbocycles. The molecule has 0 aliphatic heterocycles. The lowest BCUT2D eigenvalue weighted by atomic mass is 10.2. The van der Waals surface area contributed by atoms with Gasteiger partial charge in [-0.05, 0) is 11.6 Å². The molecule has 0 aliphatic carbocycles. The number of halogens is 1. The van der Waals surface area contributed by atoms with E-state index < -0.39 is 9.05 Å². The van der Waals surface area contributed by atoms with Gasteiger partial charge in [0, 0.05) is 23.1 Å². The highest BCUT2D eigenvalue weighted by Crippen LogP contribution is 2.09. The van der Waals surface area contributed by atoms with E-state index in [1.54, 1.807) is 0 Å². The summed E-state index contributed by atoms with van der Waals surface area (Å²) in [4.78, 5) is 3.69. The molecule has 0 atom stereocenters. The first-order valence-electron chi connectivity index (χ1n) is 3.27. The van der Waals surface area contributed by atoms with Crippen LogP contribution in [0.3, 0.4) is 0 Å². The van der Waals surface area contributed by atoms with Crippen molar-refractivity contribution in [2.45, 2.75) is 5.75 Å². The Labute approximate surface area is 80.2 Å². The van der Waals surface area contributed by atoms with Crippen LogP contribution < -0.4 is 0 Å². The quantitative estimate of drug-likeness (QED) is 0.692. The summed E-state index contributed by atoms with van der Waals surface area (Å²) in [5.41, 5.74) is 0.729. The Hall–Kier alpha value is -1.12. The molecule has 0 fully saturated rings. The maximum absolute atomic E-state index is 10.7. The Kier molecular flexibility index (Phi) is 2.86. The van der Waals surface area contributed by atoms with Crippen molar-refractivity contribution in [1.29, 1.82) is 5.26 Å². The molecule has 0 aromatic carbocycles. The van der Waals surface area contributed by atoms with Crippen LogP contribution in [-0.2, 0) is 14.8 Å². The van der Waals surface area contributed by atoms with Gasteiger partial charge in [-0.25, -0.2) is 8.42 Å². The van der Waals surface area contributed by atoms with Crippen molar-refractivity contribution in [1.82, 2.24) is 4.98 Å². The van der Waals surface area contributed by atoms with E-state index in [2.05, 4.69) is 4.98 Å². The summed E-state index contributed by atoms with van der Waals surface area (Å²) in [6.07, 6.45) is 2.71. The molecule has 0 saturated heterocycles. The van der Waals surface area contributed by atoms with E-state index in [4.69, 9.17) is 15.9 Å². The second-order valence-electron chi connectivity index (χ2n) is 2.38. The highest BCUT2D eigenvalue weighted by atomic mass is 35.7. The molecule has 1 aromatic heterocycles. The van der Waals surface area contributed by atoms with Gasteiger partial charge in [0.25, 0.3) is 0 Å². The number of rotatable bonds is 2. The second-order valence-corrected chi connectivity index (χ2v) is 5.15. The lowest BCUT2D eigenvalue weighted by Gasteiger charge is -1.96. The van der Waals surface area contributed by atoms with E-state index in [9.17, 15) is 8.42 Å². The van der Waals surface area contributed by atoms with Gasteiger partial charge in [0.1, 0.15) is 6.07 Å². The minimum absolute atomic E-state index is 0.308. The number of aromatic nitrogens is 1. The number of hydrogen-bond donors (Lipinski definition) is 0. The number of pyridine rings is 1. The summed E-state index contributed by atoms with van der Waals surface area (Å²) in [5.74, 6) is -0.308. The summed E-state index contributed by atoms with van der Waals surface area (Å²) in [6.45, 7) is 0. The van der Waals surface area contributed by atoms with Gasteiger partial charge in [0.05, 0.1) is 11.3 Å². The third-order valence-electron chi connectivity index (χ3n) is 1.26. The van der Waals surface area contributed by atoms with Crippen molar-refractivity contribution in [3.8, 4) is 6.07 Å². The lowest BCUT2D eigenvalue weighted by Crippen LogP contribution is -1.96. The van der Waals surface area contributed by atoms with Crippen LogP contribution in [0.2, 0.25) is 0 Å². The van der Waals surface area contributed by atoms with Crippen LogP contribution in [0, 0.1) is 11.3 Å². The standard InChI is InChI=1S/C7H5ClN2O2S/c8-13(11,12)5-7-1-6(2-9)3-10-4-7/h1,3-4H,5H2. The van der Waals surface area contributed by atoms with Gasteiger partial charge in [0.2, 0.25) is 9.05 Å². The monoisotopic (exact) mass is 216 g/mol. The molecule has 0 aliphatic rings. The second kappa shape index (κ2) is 3.73. The van der Waals surface area contributed by atoms with Crippen LogP contribution in [0.15, 0.2) is 18.5 Å². The Bertz CT molecular complexity index is 450. The van der Waals surface area contributed by atoms with Crippen molar-refractivity contribution >= 4 is 19.7 Å². The highest BCUT2D eigenvalue weighted by Gasteiger charge is 2.07. The molecule has 1 rings (SSSR count). The van der Waals surface area contributed by atoms with Crippen LogP contribution in [0.25, 0.3) is 0 Å². The highest BCUT2D eigenvalue weighted by molar-refractivity contribution is 8.13. The number of nitrogens with zero attached hydrogens (tertiary/aromatic N) is 2. The smallest absolute Gasteiger partial charge is 0.236 e. The maximum Gasteiger partial charge on any atom is 0.236 e. The molecular weight excluding hydrogens is 212 g/mol. The van der Waals surface area contributed by atoms with Crippen molar-refractivity contribution < 1.29 is 8.42 Å². The Morgan fingerprint density at radius 2 is 2.23 bits per heavy atom. The van der Waals surface area contributed by atoms with Crippen LogP contribution in [-0.4, -0.2) is 13.4 Å². The molecule has 0 radical (unpaired) electrons. The van der Waals surface area contributed by atoms with Gasteiger partial charge in [-0.15, -0.1) is 0 Å². The fourth-order valence-electron chi connectivity index (χ4n) is 0.827. The van der Waals surface area contributed by atoms with Gasteiger partial charge >= 0.3 is 0 Å². The third-order valence-corrected chi connectivity index (χ3v) is 2.27. The van der Waals surface area contributed by atoms with Crippen LogP contribution >= 0.6 is 10.7 Å². The summed E-state index contributed by atoms with van der Waals surface area (Å²) < 4.78 is 21.3. The molecule has 0 unspecified atom stereocenters. The molecule has 68 valence electrons. The predicted octanol–water partition coefficient (Wildman–Crippen LogP) is 1.02. The molecule has 13 heavy (non-hydrogen) atoms. The summed E-state index contributed by atoms with van der Waals surface area (Å²) >= 11 is 0. The zero-order valence-electron chi connectivity index (χ0n) is 6.44. The fraction of sp³-hybridized carbons (Fsp3) is 0.143. The predicted molar refractivity (Wildman–Crippen MR) is 47.4 cm³/mol. The third kappa shape index (κ3) is 3.40. The Balaban J connectivity index is 2.99. The van der Waals surface area contributed by atoms with Crippen LogP contribution in [0.1, 0.15) is 11.1 Å². The summed E-state index contributed by atoms with van der Waals surface area (Å²) in [6, 6.07) is 3.29. The van der Waals surface area contributed by atoms with Gasteiger partial charge in [-0.2, -0.15) is 5.26 Å². The molecule has 0 bridgehead atoms. The van der Waals surface area contributed by atoms with E-state index in [-0.39, 0.29) is 5.75 Å². The molecule has 1 aromatic rings. The topological polar surface area (TPSA) is 70.8 Å². The molecule has 0 amide bonds. The average Bonchev–Trinajstić information content (AvgIpc) is 2.01.